The third-order valence-corrected chi connectivity index (χ3v) is 4.29. The van der Waals surface area contributed by atoms with Crippen molar-refractivity contribution in [3.8, 4) is 5.75 Å². The van der Waals surface area contributed by atoms with Gasteiger partial charge in [-0.1, -0.05) is 12.1 Å². The highest BCUT2D eigenvalue weighted by Crippen LogP contribution is 2.25. The minimum Gasteiger partial charge on any atom is -0.493 e. The number of H-pyrrole nitrogens is 1. The van der Waals surface area contributed by atoms with E-state index in [-0.39, 0.29) is 18.0 Å². The summed E-state index contributed by atoms with van der Waals surface area (Å²) in [5.41, 5.74) is 4.31. The average molecular weight is 326 g/mol. The number of aryl methyl sites for hydroxylation is 3. The van der Waals surface area contributed by atoms with Crippen LogP contribution in [0.15, 0.2) is 29.1 Å². The molecule has 0 bridgehead atoms. The highest BCUT2D eigenvalue weighted by molar-refractivity contribution is 5.78. The van der Waals surface area contributed by atoms with Gasteiger partial charge in [-0.2, -0.15) is 0 Å². The quantitative estimate of drug-likeness (QED) is 0.904. The fraction of sp³-hybridized carbons (Fsp3) is 0.368. The molecule has 0 unspecified atom stereocenters. The van der Waals surface area contributed by atoms with E-state index >= 15 is 0 Å². The molecule has 0 radical (unpaired) electrons. The highest BCUT2D eigenvalue weighted by atomic mass is 16.5. The molecular weight excluding hydrogens is 304 g/mol. The van der Waals surface area contributed by atoms with E-state index in [2.05, 4.69) is 10.3 Å². The maximum absolute atomic E-state index is 12.2. The molecule has 5 heteroatoms. The van der Waals surface area contributed by atoms with Crippen molar-refractivity contribution in [2.45, 2.75) is 39.7 Å². The number of amides is 1. The molecule has 1 aromatic carbocycles. The molecular formula is C19H22N2O3. The number of pyridine rings is 1. The number of fused-ring (bicyclic) bond motifs is 1. The van der Waals surface area contributed by atoms with Crippen LogP contribution in [0.2, 0.25) is 0 Å². The summed E-state index contributed by atoms with van der Waals surface area (Å²) >= 11 is 0. The van der Waals surface area contributed by atoms with E-state index in [1.54, 1.807) is 0 Å². The molecule has 0 saturated carbocycles. The van der Waals surface area contributed by atoms with Gasteiger partial charge in [-0.15, -0.1) is 0 Å². The first-order valence-corrected chi connectivity index (χ1v) is 8.23. The van der Waals surface area contributed by atoms with Gasteiger partial charge in [-0.05, 0) is 55.5 Å². The summed E-state index contributed by atoms with van der Waals surface area (Å²) in [6.07, 6.45) is 2.30. The van der Waals surface area contributed by atoms with Crippen LogP contribution in [0, 0.1) is 13.8 Å². The maximum atomic E-state index is 12.2. The Labute approximate surface area is 141 Å². The lowest BCUT2D eigenvalue weighted by molar-refractivity contribution is -0.120. The van der Waals surface area contributed by atoms with Gasteiger partial charge in [0.15, 0.2) is 0 Å². The van der Waals surface area contributed by atoms with Crippen LogP contribution in [0.5, 0.6) is 5.75 Å². The first-order chi connectivity index (χ1) is 11.5. The van der Waals surface area contributed by atoms with Crippen LogP contribution in [0.1, 0.15) is 34.4 Å². The van der Waals surface area contributed by atoms with Crippen LogP contribution in [-0.4, -0.2) is 17.5 Å². The Morgan fingerprint density at radius 3 is 2.92 bits per heavy atom. The summed E-state index contributed by atoms with van der Waals surface area (Å²) in [6, 6.07) is 7.81. The third-order valence-electron chi connectivity index (χ3n) is 4.29. The Balaban J connectivity index is 1.63. The molecule has 2 N–H and O–H groups in total. The number of nitrogens with one attached hydrogen (secondary N) is 2. The van der Waals surface area contributed by atoms with E-state index in [0.717, 1.165) is 47.6 Å². The van der Waals surface area contributed by atoms with Crippen molar-refractivity contribution in [3.63, 3.8) is 0 Å². The summed E-state index contributed by atoms with van der Waals surface area (Å²) in [5, 5.41) is 2.84. The molecule has 0 fully saturated rings. The van der Waals surface area contributed by atoms with E-state index in [0.29, 0.717) is 12.0 Å². The van der Waals surface area contributed by atoms with Gasteiger partial charge < -0.3 is 15.0 Å². The zero-order valence-electron chi connectivity index (χ0n) is 14.1. The van der Waals surface area contributed by atoms with Crippen LogP contribution in [-0.2, 0) is 24.2 Å². The van der Waals surface area contributed by atoms with Crippen molar-refractivity contribution in [3.05, 3.63) is 62.6 Å². The number of ether oxygens (including phenoxy) is 1. The van der Waals surface area contributed by atoms with Gasteiger partial charge in [0, 0.05) is 17.8 Å². The zero-order valence-corrected chi connectivity index (χ0v) is 14.1. The molecule has 126 valence electrons. The van der Waals surface area contributed by atoms with Crippen LogP contribution < -0.4 is 15.6 Å². The molecule has 24 heavy (non-hydrogen) atoms. The number of rotatable bonds is 4. The molecule has 1 aliphatic rings. The topological polar surface area (TPSA) is 71.2 Å². The van der Waals surface area contributed by atoms with E-state index in [4.69, 9.17) is 4.74 Å². The van der Waals surface area contributed by atoms with Gasteiger partial charge in [0.25, 0.3) is 5.56 Å². The normalized spacial score (nSPS) is 13.1. The number of hydrogen-bond acceptors (Lipinski definition) is 3. The van der Waals surface area contributed by atoms with Crippen molar-refractivity contribution in [1.82, 2.24) is 10.3 Å². The smallest absolute Gasteiger partial charge is 0.253 e. The summed E-state index contributed by atoms with van der Waals surface area (Å²) in [4.78, 5) is 26.9. The monoisotopic (exact) mass is 326 g/mol. The van der Waals surface area contributed by atoms with Gasteiger partial charge in [0.1, 0.15) is 5.75 Å². The van der Waals surface area contributed by atoms with Gasteiger partial charge in [0.05, 0.1) is 13.0 Å². The number of aromatic amines is 1. The van der Waals surface area contributed by atoms with E-state index < -0.39 is 0 Å². The highest BCUT2D eigenvalue weighted by Gasteiger charge is 2.13. The molecule has 1 aromatic heterocycles. The van der Waals surface area contributed by atoms with Crippen molar-refractivity contribution < 1.29 is 9.53 Å². The maximum Gasteiger partial charge on any atom is 0.253 e. The van der Waals surface area contributed by atoms with Crippen LogP contribution in [0.25, 0.3) is 0 Å². The summed E-state index contributed by atoms with van der Waals surface area (Å²) in [5.74, 6) is 0.832. The second kappa shape index (κ2) is 6.91. The molecule has 1 aliphatic heterocycles. The first-order valence-electron chi connectivity index (χ1n) is 8.23. The molecule has 1 amide bonds. The van der Waals surface area contributed by atoms with Gasteiger partial charge in [0.2, 0.25) is 5.91 Å². The Morgan fingerprint density at radius 2 is 2.12 bits per heavy atom. The van der Waals surface area contributed by atoms with Gasteiger partial charge in [-0.25, -0.2) is 0 Å². The fourth-order valence-electron chi connectivity index (χ4n) is 3.06. The molecule has 0 spiro atoms. The lowest BCUT2D eigenvalue weighted by atomic mass is 10.0. The number of carbonyl (C=O) groups excluding carboxylic acids is 1. The van der Waals surface area contributed by atoms with E-state index in [9.17, 15) is 9.59 Å². The summed E-state index contributed by atoms with van der Waals surface area (Å²) in [7, 11) is 0. The molecule has 2 aromatic rings. The minimum atomic E-state index is -0.140. The van der Waals surface area contributed by atoms with Gasteiger partial charge >= 0.3 is 0 Å². The Hall–Kier alpha value is -2.56. The SMILES string of the molecule is Cc1cc(C)c(CNC(=O)Cc2ccc3c(c2)CCCO3)c(=O)[nH]1. The Morgan fingerprint density at radius 1 is 1.29 bits per heavy atom. The van der Waals surface area contributed by atoms with Crippen molar-refractivity contribution in [1.29, 1.82) is 0 Å². The molecule has 5 nitrogen and oxygen atoms in total. The fourth-order valence-corrected chi connectivity index (χ4v) is 3.06. The van der Waals surface area contributed by atoms with Gasteiger partial charge in [-0.3, -0.25) is 9.59 Å². The second-order valence-electron chi connectivity index (χ2n) is 6.29. The molecule has 3 rings (SSSR count). The number of hydrogen-bond donors (Lipinski definition) is 2. The second-order valence-corrected chi connectivity index (χ2v) is 6.29. The standard InChI is InChI=1S/C19H22N2O3/c1-12-8-13(2)21-19(23)16(12)11-20-18(22)10-14-5-6-17-15(9-14)4-3-7-24-17/h5-6,8-9H,3-4,7,10-11H2,1-2H3,(H,20,22)(H,21,23). The van der Waals surface area contributed by atoms with Crippen molar-refractivity contribution >= 4 is 5.91 Å². The average Bonchev–Trinajstić information content (AvgIpc) is 2.53. The molecule has 0 atom stereocenters. The van der Waals surface area contributed by atoms with Crippen LogP contribution in [0.4, 0.5) is 0 Å². The van der Waals surface area contributed by atoms with E-state index in [1.807, 2.05) is 38.1 Å². The predicted octanol–water partition coefficient (Wildman–Crippen LogP) is 2.18. The zero-order chi connectivity index (χ0) is 17.1. The summed E-state index contributed by atoms with van der Waals surface area (Å²) in [6.45, 7) is 4.73. The Bertz CT molecular complexity index is 824. The number of benzene rings is 1. The van der Waals surface area contributed by atoms with Crippen molar-refractivity contribution in [2.24, 2.45) is 0 Å². The lowest BCUT2D eigenvalue weighted by Crippen LogP contribution is -2.29. The molecule has 0 saturated heterocycles. The van der Waals surface area contributed by atoms with Crippen LogP contribution >= 0.6 is 0 Å². The molecule has 2 heterocycles. The van der Waals surface area contributed by atoms with Crippen LogP contribution in [0.3, 0.4) is 0 Å². The number of carbonyl (C=O) groups is 1. The van der Waals surface area contributed by atoms with Crippen molar-refractivity contribution in [2.75, 3.05) is 6.61 Å². The third kappa shape index (κ3) is 3.67. The summed E-state index contributed by atoms with van der Waals surface area (Å²) < 4.78 is 5.59. The lowest BCUT2D eigenvalue weighted by Gasteiger charge is -2.17. The predicted molar refractivity (Wildman–Crippen MR) is 92.3 cm³/mol. The Kier molecular flexibility index (Phi) is 4.69. The molecule has 0 aliphatic carbocycles. The number of aromatic nitrogens is 1. The minimum absolute atomic E-state index is 0.0916. The largest absolute Gasteiger partial charge is 0.493 e. The first kappa shape index (κ1) is 16.3. The van der Waals surface area contributed by atoms with E-state index in [1.165, 1.54) is 0 Å².